The van der Waals surface area contributed by atoms with Crippen LogP contribution in [-0.2, 0) is 14.9 Å². The van der Waals surface area contributed by atoms with E-state index in [9.17, 15) is 8.42 Å². The number of aromatic nitrogens is 1. The molecule has 1 atom stereocenters. The molecule has 23 heavy (non-hydrogen) atoms. The molecule has 3 heterocycles. The quantitative estimate of drug-likeness (QED) is 0.813. The Hall–Kier alpha value is -1.22. The van der Waals surface area contributed by atoms with Gasteiger partial charge in [-0.15, -0.1) is 0 Å². The van der Waals surface area contributed by atoms with Crippen LogP contribution in [0.15, 0.2) is 24.4 Å². The van der Waals surface area contributed by atoms with Crippen molar-refractivity contribution in [3.8, 4) is 5.88 Å². The monoisotopic (exact) mass is 341 g/mol. The fourth-order valence-corrected chi connectivity index (χ4v) is 4.28. The van der Waals surface area contributed by atoms with Gasteiger partial charge in [0.25, 0.3) is 10.2 Å². The summed E-state index contributed by atoms with van der Waals surface area (Å²) < 4.78 is 39.0. The Morgan fingerprint density at radius 2 is 2.09 bits per heavy atom. The summed E-state index contributed by atoms with van der Waals surface area (Å²) in [5, 5.41) is 0. The van der Waals surface area contributed by atoms with Crippen LogP contribution in [0.5, 0.6) is 5.88 Å². The Balaban J connectivity index is 1.57. The number of piperidine rings is 1. The SMILES string of the molecule is CN(C)S(=O)(=O)N1CCC2(CC1)C[C@H](Oc1ccccn1)CO2. The molecule has 0 N–H and O–H groups in total. The third kappa shape index (κ3) is 3.50. The van der Waals surface area contributed by atoms with Gasteiger partial charge in [0.1, 0.15) is 6.10 Å². The topological polar surface area (TPSA) is 72.0 Å². The van der Waals surface area contributed by atoms with Crippen LogP contribution in [0.1, 0.15) is 19.3 Å². The zero-order valence-electron chi connectivity index (χ0n) is 13.5. The number of nitrogens with zero attached hydrogens (tertiary/aromatic N) is 3. The molecular weight excluding hydrogens is 318 g/mol. The lowest BCUT2D eigenvalue weighted by Crippen LogP contribution is -2.49. The van der Waals surface area contributed by atoms with Crippen molar-refractivity contribution in [2.75, 3.05) is 33.8 Å². The molecule has 2 saturated heterocycles. The van der Waals surface area contributed by atoms with Gasteiger partial charge in [0, 0.05) is 45.9 Å². The van der Waals surface area contributed by atoms with Crippen molar-refractivity contribution in [3.05, 3.63) is 24.4 Å². The maximum atomic E-state index is 12.2. The van der Waals surface area contributed by atoms with Crippen LogP contribution in [-0.4, -0.2) is 67.5 Å². The van der Waals surface area contributed by atoms with Crippen LogP contribution in [0, 0.1) is 0 Å². The van der Waals surface area contributed by atoms with Crippen molar-refractivity contribution in [3.63, 3.8) is 0 Å². The molecule has 2 aliphatic rings. The van der Waals surface area contributed by atoms with Gasteiger partial charge in [-0.25, -0.2) is 4.98 Å². The molecule has 0 aromatic carbocycles. The van der Waals surface area contributed by atoms with Gasteiger partial charge < -0.3 is 9.47 Å². The van der Waals surface area contributed by atoms with E-state index in [1.807, 2.05) is 18.2 Å². The highest BCUT2D eigenvalue weighted by Crippen LogP contribution is 2.37. The Labute approximate surface area is 137 Å². The van der Waals surface area contributed by atoms with E-state index in [-0.39, 0.29) is 11.7 Å². The largest absolute Gasteiger partial charge is 0.472 e. The van der Waals surface area contributed by atoms with E-state index in [1.54, 1.807) is 20.3 Å². The maximum absolute atomic E-state index is 12.2. The van der Waals surface area contributed by atoms with E-state index in [0.29, 0.717) is 38.4 Å². The molecular formula is C15H23N3O4S. The average molecular weight is 341 g/mol. The molecule has 0 amide bonds. The van der Waals surface area contributed by atoms with Gasteiger partial charge in [-0.2, -0.15) is 17.0 Å². The first kappa shape index (κ1) is 16.6. The van der Waals surface area contributed by atoms with Gasteiger partial charge in [0.15, 0.2) is 0 Å². The first-order chi connectivity index (χ1) is 10.9. The van der Waals surface area contributed by atoms with Crippen molar-refractivity contribution in [1.82, 2.24) is 13.6 Å². The van der Waals surface area contributed by atoms with Crippen LogP contribution < -0.4 is 4.74 Å². The Kier molecular flexibility index (Phi) is 4.59. The predicted octanol–water partition coefficient (Wildman–Crippen LogP) is 0.890. The summed E-state index contributed by atoms with van der Waals surface area (Å²) in [6.45, 7) is 1.49. The van der Waals surface area contributed by atoms with Crippen molar-refractivity contribution in [2.45, 2.75) is 31.0 Å². The minimum Gasteiger partial charge on any atom is -0.472 e. The molecule has 8 heteroatoms. The molecule has 0 unspecified atom stereocenters. The summed E-state index contributed by atoms with van der Waals surface area (Å²) in [4.78, 5) is 4.17. The Morgan fingerprint density at radius 3 is 2.70 bits per heavy atom. The molecule has 3 rings (SSSR count). The molecule has 128 valence electrons. The van der Waals surface area contributed by atoms with E-state index in [2.05, 4.69) is 4.98 Å². The zero-order valence-corrected chi connectivity index (χ0v) is 14.3. The second-order valence-electron chi connectivity index (χ2n) is 6.30. The van der Waals surface area contributed by atoms with Crippen LogP contribution in [0.3, 0.4) is 0 Å². The van der Waals surface area contributed by atoms with Gasteiger partial charge in [-0.05, 0) is 18.9 Å². The summed E-state index contributed by atoms with van der Waals surface area (Å²) in [5.74, 6) is 0.603. The Bertz CT molecular complexity index is 627. The number of hydrogen-bond donors (Lipinski definition) is 0. The first-order valence-corrected chi connectivity index (χ1v) is 9.20. The molecule has 0 aliphatic carbocycles. The van der Waals surface area contributed by atoms with Crippen molar-refractivity contribution in [1.29, 1.82) is 0 Å². The molecule has 2 aliphatic heterocycles. The highest BCUT2D eigenvalue weighted by molar-refractivity contribution is 7.86. The van der Waals surface area contributed by atoms with Gasteiger partial charge in [0.2, 0.25) is 5.88 Å². The Morgan fingerprint density at radius 1 is 1.35 bits per heavy atom. The fraction of sp³-hybridized carbons (Fsp3) is 0.667. The lowest BCUT2D eigenvalue weighted by Gasteiger charge is -2.38. The van der Waals surface area contributed by atoms with Gasteiger partial charge >= 0.3 is 0 Å². The number of hydrogen-bond acceptors (Lipinski definition) is 5. The fourth-order valence-electron chi connectivity index (χ4n) is 3.17. The number of rotatable bonds is 4. The third-order valence-electron chi connectivity index (χ3n) is 4.52. The van der Waals surface area contributed by atoms with Gasteiger partial charge in [-0.1, -0.05) is 6.07 Å². The molecule has 1 aromatic rings. The van der Waals surface area contributed by atoms with E-state index in [0.717, 1.165) is 6.42 Å². The van der Waals surface area contributed by atoms with Crippen LogP contribution in [0.4, 0.5) is 0 Å². The second kappa shape index (κ2) is 6.35. The van der Waals surface area contributed by atoms with E-state index in [1.165, 1.54) is 8.61 Å². The summed E-state index contributed by atoms with van der Waals surface area (Å²) in [5.41, 5.74) is -0.266. The smallest absolute Gasteiger partial charge is 0.281 e. The van der Waals surface area contributed by atoms with Crippen LogP contribution >= 0.6 is 0 Å². The zero-order chi connectivity index (χ0) is 16.5. The summed E-state index contributed by atoms with van der Waals surface area (Å²) in [6.07, 6.45) is 3.84. The maximum Gasteiger partial charge on any atom is 0.281 e. The molecule has 0 saturated carbocycles. The van der Waals surface area contributed by atoms with Gasteiger partial charge in [0.05, 0.1) is 12.2 Å². The normalized spacial score (nSPS) is 25.1. The lowest BCUT2D eigenvalue weighted by atomic mass is 9.89. The predicted molar refractivity (Wildman–Crippen MR) is 85.4 cm³/mol. The van der Waals surface area contributed by atoms with E-state index < -0.39 is 10.2 Å². The van der Waals surface area contributed by atoms with E-state index in [4.69, 9.17) is 9.47 Å². The van der Waals surface area contributed by atoms with E-state index >= 15 is 0 Å². The molecule has 0 radical (unpaired) electrons. The van der Waals surface area contributed by atoms with Gasteiger partial charge in [-0.3, -0.25) is 0 Å². The highest BCUT2D eigenvalue weighted by Gasteiger charge is 2.45. The molecule has 1 spiro atoms. The lowest BCUT2D eigenvalue weighted by molar-refractivity contribution is -0.0325. The summed E-state index contributed by atoms with van der Waals surface area (Å²) in [7, 11) is -0.222. The van der Waals surface area contributed by atoms with Crippen molar-refractivity contribution < 1.29 is 17.9 Å². The highest BCUT2D eigenvalue weighted by atomic mass is 32.2. The summed E-state index contributed by atoms with van der Waals surface area (Å²) >= 11 is 0. The minimum absolute atomic E-state index is 0.0260. The minimum atomic E-state index is -3.34. The third-order valence-corrected chi connectivity index (χ3v) is 6.46. The second-order valence-corrected chi connectivity index (χ2v) is 8.44. The van der Waals surface area contributed by atoms with Crippen molar-refractivity contribution >= 4 is 10.2 Å². The molecule has 2 fully saturated rings. The number of pyridine rings is 1. The number of ether oxygens (including phenoxy) is 2. The van der Waals surface area contributed by atoms with Crippen molar-refractivity contribution in [2.24, 2.45) is 0 Å². The average Bonchev–Trinajstić information content (AvgIpc) is 2.91. The first-order valence-electron chi connectivity index (χ1n) is 7.81. The molecule has 0 bridgehead atoms. The van der Waals surface area contributed by atoms with Crippen LogP contribution in [0.25, 0.3) is 0 Å². The molecule has 1 aromatic heterocycles. The molecule has 7 nitrogen and oxygen atoms in total. The summed E-state index contributed by atoms with van der Waals surface area (Å²) in [6, 6.07) is 5.57. The van der Waals surface area contributed by atoms with Crippen LogP contribution in [0.2, 0.25) is 0 Å². The standard InChI is InChI=1S/C15H23N3O4S/c1-17(2)23(19,20)18-9-6-15(7-10-18)11-13(12-21-15)22-14-5-3-4-8-16-14/h3-5,8,13H,6-7,9-12H2,1-2H3/t13-/m0/s1.